The SMILES string of the molecule is CPC.Cc1cc(C)c2c(c1)/C=C/C[C@@H]1OC(C)(C)O[C@@H]1C(=O)/C(F)=C\[C@@H](C)[C@H](C)OC2=O.Cc1cc(C)c2c(c1)/C=C/C[C@@H]1OC(C)(C)O[C@@H]1C(O)/C(F)=C\[C@@H](C)[C@H](C)OC2=O. The lowest BCUT2D eigenvalue weighted by Crippen LogP contribution is -2.36. The highest BCUT2D eigenvalue weighted by atomic mass is 31.1. The van der Waals surface area contributed by atoms with Gasteiger partial charge in [0.05, 0.1) is 23.3 Å². The normalized spacial score (nSPS) is 32.2. The number of benzene rings is 2. The number of ether oxygens (including phenoxy) is 6. The zero-order valence-corrected chi connectivity index (χ0v) is 40.3. The van der Waals surface area contributed by atoms with Crippen LogP contribution in [-0.4, -0.2) is 90.5 Å². The largest absolute Gasteiger partial charge is 0.458 e. The lowest BCUT2D eigenvalue weighted by Gasteiger charge is -2.23. The summed E-state index contributed by atoms with van der Waals surface area (Å²) in [5.74, 6) is -6.15. The molecule has 2 saturated heterocycles. The van der Waals surface area contributed by atoms with Crippen molar-refractivity contribution in [3.63, 3.8) is 0 Å². The van der Waals surface area contributed by atoms with E-state index in [2.05, 4.69) is 13.3 Å². The molecule has 4 aliphatic rings. The Morgan fingerprint density at radius 1 is 0.651 bits per heavy atom. The number of carbonyl (C=O) groups is 3. The predicted molar refractivity (Wildman–Crippen MR) is 244 cm³/mol. The molecule has 10 nitrogen and oxygen atoms in total. The summed E-state index contributed by atoms with van der Waals surface area (Å²) in [7, 11) is 1.08. The molecule has 1 N–H and O–H groups in total. The van der Waals surface area contributed by atoms with E-state index in [9.17, 15) is 28.3 Å². The van der Waals surface area contributed by atoms with Crippen molar-refractivity contribution in [3.8, 4) is 0 Å². The van der Waals surface area contributed by atoms with Gasteiger partial charge in [-0.3, -0.25) is 4.79 Å². The van der Waals surface area contributed by atoms with Crippen LogP contribution in [0.15, 0.2) is 60.2 Å². The molecule has 2 fully saturated rings. The fourth-order valence-electron chi connectivity index (χ4n) is 7.92. The number of aliphatic hydroxyl groups excluding tert-OH is 1. The summed E-state index contributed by atoms with van der Waals surface area (Å²) in [5, 5.41) is 10.6. The van der Waals surface area contributed by atoms with Crippen LogP contribution in [0.5, 0.6) is 0 Å². The lowest BCUT2D eigenvalue weighted by molar-refractivity contribution is -0.153. The number of cyclic esters (lactones) is 2. The van der Waals surface area contributed by atoms with E-state index in [0.29, 0.717) is 24.0 Å². The summed E-state index contributed by atoms with van der Waals surface area (Å²) in [4.78, 5) is 38.5. The van der Waals surface area contributed by atoms with Crippen LogP contribution in [0, 0.1) is 39.5 Å². The number of ketones is 1. The van der Waals surface area contributed by atoms with Crippen molar-refractivity contribution in [2.75, 3.05) is 13.3 Å². The molecule has 2 aromatic rings. The van der Waals surface area contributed by atoms with Crippen molar-refractivity contribution >= 4 is 38.5 Å². The number of esters is 2. The zero-order valence-electron chi connectivity index (χ0n) is 39.3. The first kappa shape index (κ1) is 51.7. The first-order valence-corrected chi connectivity index (χ1v) is 23.6. The molecule has 0 saturated carbocycles. The highest BCUT2D eigenvalue weighted by Crippen LogP contribution is 2.36. The average Bonchev–Trinajstić information content (AvgIpc) is 3.66. The van der Waals surface area contributed by atoms with Crippen LogP contribution >= 0.6 is 8.58 Å². The summed E-state index contributed by atoms with van der Waals surface area (Å²) in [6.07, 6.45) is 4.87. The van der Waals surface area contributed by atoms with E-state index in [-0.39, 0.29) is 0 Å². The van der Waals surface area contributed by atoms with Crippen molar-refractivity contribution in [1.29, 1.82) is 0 Å². The van der Waals surface area contributed by atoms with Crippen LogP contribution in [0.3, 0.4) is 0 Å². The summed E-state index contributed by atoms with van der Waals surface area (Å²) < 4.78 is 64.1. The van der Waals surface area contributed by atoms with Gasteiger partial charge < -0.3 is 33.5 Å². The van der Waals surface area contributed by atoms with Gasteiger partial charge in [-0.15, -0.1) is 8.58 Å². The number of hydrogen-bond donors (Lipinski definition) is 1. The van der Waals surface area contributed by atoms with Crippen molar-refractivity contribution in [2.45, 2.75) is 150 Å². The molecule has 0 aromatic heterocycles. The molecule has 2 aromatic carbocycles. The highest BCUT2D eigenvalue weighted by molar-refractivity contribution is 7.35. The zero-order chi connectivity index (χ0) is 47.1. The quantitative estimate of drug-likeness (QED) is 0.202. The maximum absolute atomic E-state index is 14.8. The number of halogens is 2. The summed E-state index contributed by atoms with van der Waals surface area (Å²) in [6, 6.07) is 7.71. The molecule has 0 amide bonds. The minimum atomic E-state index is -1.46. The van der Waals surface area contributed by atoms with Gasteiger partial charge in [0.25, 0.3) is 0 Å². The van der Waals surface area contributed by atoms with Gasteiger partial charge in [0, 0.05) is 11.8 Å². The average molecular weight is 897 g/mol. The summed E-state index contributed by atoms with van der Waals surface area (Å²) in [5.41, 5.74) is 6.15. The first-order valence-electron chi connectivity index (χ1n) is 21.6. The number of rotatable bonds is 0. The Hall–Kier alpha value is -3.90. The van der Waals surface area contributed by atoms with Crippen molar-refractivity contribution < 1.29 is 56.7 Å². The minimum Gasteiger partial charge on any atom is -0.458 e. The molecule has 1 unspecified atom stereocenters. The Morgan fingerprint density at radius 3 is 1.57 bits per heavy atom. The first-order chi connectivity index (χ1) is 29.4. The van der Waals surface area contributed by atoms with E-state index in [4.69, 9.17) is 28.4 Å². The second kappa shape index (κ2) is 21.9. The lowest BCUT2D eigenvalue weighted by atomic mass is 9.96. The standard InChI is InChI=1S/C24H31FO5.C24H29FO5.C2H7P/c2*1-13-10-15(3)20-17(11-13)8-7-9-19-22(30-24(5,6)29-19)21(26)18(25)12-14(2)16(4)28-23(20)27;1-3-2/h7-8,10-12,14,16,19,21-22,26H,9H2,1-6H3;7-8,10-12,14,16,19,22H,9H2,1-6H3;3H,1-2H3/b2*8-7+,18-12+;/t14-,16+,19+,21?,22+;14-,16+,19+,22+;/m11./s1. The fourth-order valence-corrected chi connectivity index (χ4v) is 7.92. The molecule has 4 aliphatic heterocycles. The number of Topliss-reactive ketones (excluding diaryl/α,β-unsaturated/α-hetero) is 1. The Labute approximate surface area is 374 Å². The van der Waals surface area contributed by atoms with Crippen LogP contribution in [-0.2, 0) is 33.2 Å². The van der Waals surface area contributed by atoms with E-state index in [1.54, 1.807) is 55.4 Å². The second-order valence-electron chi connectivity index (χ2n) is 17.9. The molecule has 63 heavy (non-hydrogen) atoms. The molecule has 0 bridgehead atoms. The molecule has 0 radical (unpaired) electrons. The molecule has 4 heterocycles. The van der Waals surface area contributed by atoms with Crippen molar-refractivity contribution in [1.82, 2.24) is 0 Å². The van der Waals surface area contributed by atoms with Crippen LogP contribution in [0.1, 0.15) is 122 Å². The third-order valence-corrected chi connectivity index (χ3v) is 11.2. The van der Waals surface area contributed by atoms with E-state index in [0.717, 1.165) is 42.0 Å². The molecular formula is C50H67F2O10P. The third-order valence-electron chi connectivity index (χ3n) is 11.2. The molecule has 9 atom stereocenters. The van der Waals surface area contributed by atoms with Gasteiger partial charge in [-0.25, -0.2) is 18.4 Å². The van der Waals surface area contributed by atoms with Gasteiger partial charge in [-0.2, -0.15) is 0 Å². The third kappa shape index (κ3) is 13.6. The van der Waals surface area contributed by atoms with Gasteiger partial charge in [-0.1, -0.05) is 73.5 Å². The number of aliphatic hydroxyl groups is 1. The summed E-state index contributed by atoms with van der Waals surface area (Å²) >= 11 is 0. The number of carbonyl (C=O) groups excluding carboxylic acids is 3. The van der Waals surface area contributed by atoms with E-state index >= 15 is 0 Å². The Kier molecular flexibility index (Phi) is 17.9. The van der Waals surface area contributed by atoms with Gasteiger partial charge in [0.15, 0.2) is 23.5 Å². The van der Waals surface area contributed by atoms with Crippen LogP contribution in [0.2, 0.25) is 0 Å². The Bertz CT molecular complexity index is 2110. The van der Waals surface area contributed by atoms with Gasteiger partial charge in [-0.05, 0) is 130 Å². The number of fused-ring (bicyclic) bond motifs is 4. The fraction of sp³-hybridized carbons (Fsp3) is 0.540. The molecule has 13 heteroatoms. The van der Waals surface area contributed by atoms with Gasteiger partial charge >= 0.3 is 11.9 Å². The van der Waals surface area contributed by atoms with Crippen molar-refractivity contribution in [2.24, 2.45) is 11.8 Å². The second-order valence-corrected chi connectivity index (χ2v) is 18.9. The van der Waals surface area contributed by atoms with E-state index in [1.807, 2.05) is 76.3 Å². The molecular weight excluding hydrogens is 830 g/mol. The molecule has 0 spiro atoms. The number of aryl methyl sites for hydroxylation is 4. The number of hydrogen-bond acceptors (Lipinski definition) is 10. The highest BCUT2D eigenvalue weighted by Gasteiger charge is 2.47. The maximum atomic E-state index is 14.8. The van der Waals surface area contributed by atoms with Crippen LogP contribution in [0.25, 0.3) is 12.2 Å². The minimum absolute atomic E-state index is 0.334. The topological polar surface area (TPSA) is 127 Å². The van der Waals surface area contributed by atoms with Crippen molar-refractivity contribution in [3.05, 3.63) is 105 Å². The molecule has 6 rings (SSSR count). The van der Waals surface area contributed by atoms with Gasteiger partial charge in [0.2, 0.25) is 5.78 Å². The predicted octanol–water partition coefficient (Wildman–Crippen LogP) is 10.4. The monoisotopic (exact) mass is 896 g/mol. The van der Waals surface area contributed by atoms with Crippen LogP contribution in [0.4, 0.5) is 8.78 Å². The summed E-state index contributed by atoms with van der Waals surface area (Å²) in [6.45, 7) is 25.7. The van der Waals surface area contributed by atoms with Gasteiger partial charge in [0.1, 0.15) is 30.2 Å². The van der Waals surface area contributed by atoms with Crippen LogP contribution < -0.4 is 0 Å². The van der Waals surface area contributed by atoms with E-state index in [1.165, 1.54) is 12.2 Å². The smallest absolute Gasteiger partial charge is 0.339 e. The maximum Gasteiger partial charge on any atom is 0.339 e. The molecule has 0 aliphatic carbocycles. The Balaban J connectivity index is 0.000000260. The Morgan fingerprint density at radius 2 is 1.08 bits per heavy atom. The molecule has 346 valence electrons. The van der Waals surface area contributed by atoms with E-state index < -0.39 is 95.5 Å².